The number of carbonyl (C=O) groups is 1. The van der Waals surface area contributed by atoms with Crippen LogP contribution in [0.25, 0.3) is 0 Å². The van der Waals surface area contributed by atoms with Gasteiger partial charge in [0.2, 0.25) is 0 Å². The quantitative estimate of drug-likeness (QED) is 0.768. The van der Waals surface area contributed by atoms with Crippen molar-refractivity contribution < 1.29 is 4.79 Å². The van der Waals surface area contributed by atoms with Crippen LogP contribution in [0.3, 0.4) is 0 Å². The largest absolute Gasteiger partial charge is 0.335 e. The van der Waals surface area contributed by atoms with E-state index in [1.165, 1.54) is 0 Å². The third-order valence-electron chi connectivity index (χ3n) is 2.91. The van der Waals surface area contributed by atoms with Crippen molar-refractivity contribution in [1.82, 2.24) is 14.8 Å². The molecule has 18 heavy (non-hydrogen) atoms. The highest BCUT2D eigenvalue weighted by Gasteiger charge is 2.23. The summed E-state index contributed by atoms with van der Waals surface area (Å²) in [5.74, 6) is -0.0564. The molecule has 6 heteroatoms. The van der Waals surface area contributed by atoms with Crippen LogP contribution in [0.15, 0.2) is 22.8 Å². The molecule has 0 spiro atoms. The van der Waals surface area contributed by atoms with Crippen molar-refractivity contribution in [3.8, 4) is 6.07 Å². The van der Waals surface area contributed by atoms with Gasteiger partial charge < -0.3 is 4.90 Å². The Morgan fingerprint density at radius 3 is 2.78 bits per heavy atom. The van der Waals surface area contributed by atoms with Crippen molar-refractivity contribution in [2.75, 3.05) is 32.7 Å². The number of piperazine rings is 1. The summed E-state index contributed by atoms with van der Waals surface area (Å²) in [7, 11) is 0. The SMILES string of the molecule is N#CCN1CCN(C(=O)c2ncccc2Br)CC1. The molecule has 0 aliphatic carbocycles. The number of pyridine rings is 1. The molecule has 1 aromatic heterocycles. The zero-order valence-corrected chi connectivity index (χ0v) is 11.4. The van der Waals surface area contributed by atoms with Gasteiger partial charge in [-0.3, -0.25) is 9.69 Å². The third-order valence-corrected chi connectivity index (χ3v) is 3.55. The highest BCUT2D eigenvalue weighted by Crippen LogP contribution is 2.16. The van der Waals surface area contributed by atoms with Crippen molar-refractivity contribution in [2.45, 2.75) is 0 Å². The zero-order chi connectivity index (χ0) is 13.0. The fourth-order valence-electron chi connectivity index (χ4n) is 1.90. The molecular weight excluding hydrogens is 296 g/mol. The molecular formula is C12H13BrN4O. The van der Waals surface area contributed by atoms with Gasteiger partial charge in [-0.2, -0.15) is 5.26 Å². The molecule has 1 aliphatic rings. The van der Waals surface area contributed by atoms with Gasteiger partial charge in [0.05, 0.1) is 12.6 Å². The summed E-state index contributed by atoms with van der Waals surface area (Å²) in [5, 5.41) is 8.62. The Balaban J connectivity index is 2.00. The van der Waals surface area contributed by atoms with Crippen molar-refractivity contribution in [2.24, 2.45) is 0 Å². The van der Waals surface area contributed by atoms with Crippen LogP contribution >= 0.6 is 15.9 Å². The molecule has 94 valence electrons. The number of amides is 1. The standard InChI is InChI=1S/C12H13BrN4O/c13-10-2-1-4-15-11(10)12(18)17-8-6-16(5-3-14)7-9-17/h1-2,4H,5-9H2. The van der Waals surface area contributed by atoms with Crippen molar-refractivity contribution in [3.63, 3.8) is 0 Å². The smallest absolute Gasteiger partial charge is 0.273 e. The van der Waals surface area contributed by atoms with Gasteiger partial charge in [-0.15, -0.1) is 0 Å². The minimum Gasteiger partial charge on any atom is -0.335 e. The van der Waals surface area contributed by atoms with Crippen LogP contribution in [0, 0.1) is 11.3 Å². The predicted octanol–water partition coefficient (Wildman–Crippen LogP) is 1.13. The van der Waals surface area contributed by atoms with Gasteiger partial charge in [0.15, 0.2) is 0 Å². The zero-order valence-electron chi connectivity index (χ0n) is 9.84. The van der Waals surface area contributed by atoms with E-state index in [0.717, 1.165) is 17.6 Å². The van der Waals surface area contributed by atoms with Gasteiger partial charge in [-0.1, -0.05) is 0 Å². The highest BCUT2D eigenvalue weighted by molar-refractivity contribution is 9.10. The van der Waals surface area contributed by atoms with E-state index < -0.39 is 0 Å². The molecule has 1 amide bonds. The Hall–Kier alpha value is -1.45. The summed E-state index contributed by atoms with van der Waals surface area (Å²) < 4.78 is 0.717. The molecule has 1 aromatic rings. The molecule has 5 nitrogen and oxygen atoms in total. The maximum Gasteiger partial charge on any atom is 0.273 e. The molecule has 2 rings (SSSR count). The molecule has 0 saturated carbocycles. The Morgan fingerprint density at radius 1 is 1.44 bits per heavy atom. The Labute approximate surface area is 114 Å². The Kier molecular flexibility index (Phi) is 4.28. The summed E-state index contributed by atoms with van der Waals surface area (Å²) in [4.78, 5) is 20.2. The van der Waals surface area contributed by atoms with E-state index in [4.69, 9.17) is 5.26 Å². The first-order chi connectivity index (χ1) is 8.72. The van der Waals surface area contributed by atoms with E-state index in [9.17, 15) is 4.79 Å². The number of hydrogen-bond acceptors (Lipinski definition) is 4. The van der Waals surface area contributed by atoms with Gasteiger partial charge in [-0.05, 0) is 28.1 Å². The van der Waals surface area contributed by atoms with E-state index in [-0.39, 0.29) is 5.91 Å². The Bertz CT molecular complexity index is 477. The number of aromatic nitrogens is 1. The lowest BCUT2D eigenvalue weighted by molar-refractivity contribution is 0.0645. The van der Waals surface area contributed by atoms with Crippen molar-refractivity contribution in [1.29, 1.82) is 5.26 Å². The summed E-state index contributed by atoms with van der Waals surface area (Å²) in [6.07, 6.45) is 1.62. The fourth-order valence-corrected chi connectivity index (χ4v) is 2.33. The maximum atomic E-state index is 12.2. The second kappa shape index (κ2) is 5.94. The number of rotatable bonds is 2. The van der Waals surface area contributed by atoms with Crippen molar-refractivity contribution >= 4 is 21.8 Å². The summed E-state index contributed by atoms with van der Waals surface area (Å²) >= 11 is 3.34. The minimum absolute atomic E-state index is 0.0564. The van der Waals surface area contributed by atoms with Gasteiger partial charge in [0.25, 0.3) is 5.91 Å². The van der Waals surface area contributed by atoms with E-state index >= 15 is 0 Å². The molecule has 0 unspecified atom stereocenters. The van der Waals surface area contributed by atoms with Crippen LogP contribution < -0.4 is 0 Å². The number of halogens is 1. The number of carbonyl (C=O) groups excluding carboxylic acids is 1. The lowest BCUT2D eigenvalue weighted by atomic mass is 10.2. The minimum atomic E-state index is -0.0564. The van der Waals surface area contributed by atoms with E-state index in [1.807, 2.05) is 11.0 Å². The summed E-state index contributed by atoms with van der Waals surface area (Å²) in [6.45, 7) is 3.19. The average molecular weight is 309 g/mol. The molecule has 1 saturated heterocycles. The van der Waals surface area contributed by atoms with Gasteiger partial charge >= 0.3 is 0 Å². The average Bonchev–Trinajstić information content (AvgIpc) is 2.40. The van der Waals surface area contributed by atoms with E-state index in [1.54, 1.807) is 17.2 Å². The second-order valence-electron chi connectivity index (χ2n) is 4.06. The second-order valence-corrected chi connectivity index (χ2v) is 4.91. The molecule has 0 aromatic carbocycles. The predicted molar refractivity (Wildman–Crippen MR) is 69.9 cm³/mol. The molecule has 2 heterocycles. The van der Waals surface area contributed by atoms with E-state index in [2.05, 4.69) is 27.0 Å². The maximum absolute atomic E-state index is 12.2. The topological polar surface area (TPSA) is 60.2 Å². The van der Waals surface area contributed by atoms with E-state index in [0.29, 0.717) is 25.3 Å². The number of hydrogen-bond donors (Lipinski definition) is 0. The van der Waals surface area contributed by atoms with Crippen LogP contribution in [0.1, 0.15) is 10.5 Å². The number of nitrogens with zero attached hydrogens (tertiary/aromatic N) is 4. The first-order valence-electron chi connectivity index (χ1n) is 5.71. The van der Waals surface area contributed by atoms with Crippen LogP contribution in [0.4, 0.5) is 0 Å². The highest BCUT2D eigenvalue weighted by atomic mass is 79.9. The Morgan fingerprint density at radius 2 is 2.17 bits per heavy atom. The molecule has 1 fully saturated rings. The summed E-state index contributed by atoms with van der Waals surface area (Å²) in [6, 6.07) is 5.72. The van der Waals surface area contributed by atoms with Gasteiger partial charge in [0.1, 0.15) is 5.69 Å². The first-order valence-corrected chi connectivity index (χ1v) is 6.51. The lowest BCUT2D eigenvalue weighted by Gasteiger charge is -2.33. The van der Waals surface area contributed by atoms with Crippen LogP contribution in [-0.2, 0) is 0 Å². The fraction of sp³-hybridized carbons (Fsp3) is 0.417. The molecule has 0 N–H and O–H groups in total. The van der Waals surface area contributed by atoms with Crippen LogP contribution in [-0.4, -0.2) is 53.4 Å². The van der Waals surface area contributed by atoms with Gasteiger partial charge in [-0.25, -0.2) is 4.98 Å². The molecule has 0 radical (unpaired) electrons. The first kappa shape index (κ1) is 13.0. The lowest BCUT2D eigenvalue weighted by Crippen LogP contribution is -2.48. The molecule has 0 atom stereocenters. The van der Waals surface area contributed by atoms with Gasteiger partial charge in [0, 0.05) is 36.8 Å². The summed E-state index contributed by atoms with van der Waals surface area (Å²) in [5.41, 5.74) is 0.450. The molecule has 1 aliphatic heterocycles. The molecule has 0 bridgehead atoms. The van der Waals surface area contributed by atoms with Crippen molar-refractivity contribution in [3.05, 3.63) is 28.5 Å². The van der Waals surface area contributed by atoms with Crippen LogP contribution in [0.2, 0.25) is 0 Å². The number of nitriles is 1. The normalized spacial score (nSPS) is 16.3. The third kappa shape index (κ3) is 2.86. The van der Waals surface area contributed by atoms with Crippen LogP contribution in [0.5, 0.6) is 0 Å². The monoisotopic (exact) mass is 308 g/mol.